The summed E-state index contributed by atoms with van der Waals surface area (Å²) in [5.74, 6) is -0.142. The summed E-state index contributed by atoms with van der Waals surface area (Å²) < 4.78 is 5.59. The van der Waals surface area contributed by atoms with E-state index in [1.807, 2.05) is 13.8 Å². The highest BCUT2D eigenvalue weighted by Gasteiger charge is 2.20. The van der Waals surface area contributed by atoms with Gasteiger partial charge in [0.1, 0.15) is 10.8 Å². The van der Waals surface area contributed by atoms with Crippen molar-refractivity contribution in [3.05, 3.63) is 45.8 Å². The first-order valence-electron chi connectivity index (χ1n) is 9.14. The number of rotatable bonds is 8. The summed E-state index contributed by atoms with van der Waals surface area (Å²) in [5, 5.41) is 6.21. The van der Waals surface area contributed by atoms with Crippen LogP contribution in [0, 0.1) is 6.92 Å². The number of benzene rings is 1. The Morgan fingerprint density at radius 2 is 1.89 bits per heavy atom. The Balaban J connectivity index is 2.01. The third-order valence-corrected chi connectivity index (χ3v) is 5.41. The number of carbonyl (C=O) groups excluding carboxylic acids is 2. The van der Waals surface area contributed by atoms with Gasteiger partial charge >= 0.3 is 0 Å². The normalized spacial score (nSPS) is 10.4. The van der Waals surface area contributed by atoms with Crippen LogP contribution in [-0.2, 0) is 6.42 Å². The van der Waals surface area contributed by atoms with E-state index >= 15 is 0 Å². The molecule has 0 fully saturated rings. The third-order valence-electron chi connectivity index (χ3n) is 4.15. The standard InChI is InChI=1S/C20H25N3O3S2/c1-4-6-11-26-14-9-7-13(8-10-14)18(25)22-20(27)23-19-16(17(21)24)15(5-2)12(3)28-19/h7-10H,4-6,11H2,1-3H3,(H2,21,24)(H2,22,23,25,27). The summed E-state index contributed by atoms with van der Waals surface area (Å²) in [6.45, 7) is 6.63. The quantitative estimate of drug-likeness (QED) is 0.444. The number of nitrogens with two attached hydrogens (primary N) is 1. The summed E-state index contributed by atoms with van der Waals surface area (Å²) in [6, 6.07) is 6.86. The predicted octanol–water partition coefficient (Wildman–Crippen LogP) is 4.02. The lowest BCUT2D eigenvalue weighted by atomic mass is 10.1. The first-order chi connectivity index (χ1) is 13.4. The van der Waals surface area contributed by atoms with Crippen LogP contribution in [0.5, 0.6) is 5.75 Å². The molecule has 0 radical (unpaired) electrons. The summed E-state index contributed by atoms with van der Waals surface area (Å²) in [6.07, 6.45) is 2.73. The SMILES string of the molecule is CCCCOc1ccc(C(=O)NC(=S)Nc2sc(C)c(CC)c2C(N)=O)cc1. The van der Waals surface area contributed by atoms with Crippen molar-refractivity contribution < 1.29 is 14.3 Å². The number of primary amides is 1. The molecular weight excluding hydrogens is 394 g/mol. The van der Waals surface area contributed by atoms with E-state index in [9.17, 15) is 9.59 Å². The zero-order valence-corrected chi connectivity index (χ0v) is 17.9. The maximum atomic E-state index is 12.4. The van der Waals surface area contributed by atoms with Crippen molar-refractivity contribution >= 4 is 45.5 Å². The van der Waals surface area contributed by atoms with Gasteiger partial charge in [-0.2, -0.15) is 0 Å². The summed E-state index contributed by atoms with van der Waals surface area (Å²) in [5.41, 5.74) is 7.29. The second-order valence-corrected chi connectivity index (χ2v) is 7.83. The van der Waals surface area contributed by atoms with Crippen LogP contribution in [0.3, 0.4) is 0 Å². The van der Waals surface area contributed by atoms with E-state index in [4.69, 9.17) is 22.7 Å². The molecule has 2 aromatic rings. The molecule has 2 rings (SSSR count). The highest BCUT2D eigenvalue weighted by atomic mass is 32.1. The van der Waals surface area contributed by atoms with Crippen molar-refractivity contribution in [3.63, 3.8) is 0 Å². The first kappa shape index (κ1) is 21.8. The van der Waals surface area contributed by atoms with Gasteiger partial charge in [0.15, 0.2) is 5.11 Å². The van der Waals surface area contributed by atoms with Gasteiger partial charge in [0.2, 0.25) is 0 Å². The van der Waals surface area contributed by atoms with E-state index in [1.165, 1.54) is 11.3 Å². The van der Waals surface area contributed by atoms with Gasteiger partial charge in [-0.15, -0.1) is 11.3 Å². The summed E-state index contributed by atoms with van der Waals surface area (Å²) in [4.78, 5) is 25.2. The van der Waals surface area contributed by atoms with E-state index in [2.05, 4.69) is 17.6 Å². The van der Waals surface area contributed by atoms with Gasteiger partial charge in [-0.05, 0) is 61.8 Å². The number of anilines is 1. The van der Waals surface area contributed by atoms with Crippen molar-refractivity contribution in [2.24, 2.45) is 5.73 Å². The van der Waals surface area contributed by atoms with Gasteiger partial charge in [0.25, 0.3) is 11.8 Å². The molecule has 0 saturated carbocycles. The third kappa shape index (κ3) is 5.53. The predicted molar refractivity (Wildman–Crippen MR) is 117 cm³/mol. The largest absolute Gasteiger partial charge is 0.494 e. The molecule has 0 aliphatic carbocycles. The second-order valence-electron chi connectivity index (χ2n) is 6.19. The van der Waals surface area contributed by atoms with Crippen LogP contribution in [0.4, 0.5) is 5.00 Å². The van der Waals surface area contributed by atoms with E-state index in [0.717, 1.165) is 29.0 Å². The van der Waals surface area contributed by atoms with Crippen LogP contribution < -0.4 is 21.1 Å². The Bertz CT molecular complexity index is 860. The van der Waals surface area contributed by atoms with Gasteiger partial charge in [0, 0.05) is 10.4 Å². The number of carbonyl (C=O) groups is 2. The highest BCUT2D eigenvalue weighted by molar-refractivity contribution is 7.80. The molecule has 6 nitrogen and oxygen atoms in total. The minimum atomic E-state index is -0.517. The second kappa shape index (κ2) is 10.2. The molecule has 0 bridgehead atoms. The molecule has 8 heteroatoms. The van der Waals surface area contributed by atoms with E-state index in [-0.39, 0.29) is 11.0 Å². The number of nitrogens with one attached hydrogen (secondary N) is 2. The minimum absolute atomic E-state index is 0.111. The first-order valence-corrected chi connectivity index (χ1v) is 10.4. The highest BCUT2D eigenvalue weighted by Crippen LogP contribution is 2.33. The zero-order chi connectivity index (χ0) is 20.7. The number of hydrogen-bond acceptors (Lipinski definition) is 5. The molecule has 0 saturated heterocycles. The number of unbranched alkanes of at least 4 members (excludes halogenated alkanes) is 1. The Hall–Kier alpha value is -2.45. The maximum Gasteiger partial charge on any atom is 0.257 e. The molecule has 1 aromatic carbocycles. The number of hydrogen-bond donors (Lipinski definition) is 3. The average molecular weight is 420 g/mol. The molecule has 2 amide bonds. The van der Waals surface area contributed by atoms with Gasteiger partial charge < -0.3 is 15.8 Å². The lowest BCUT2D eigenvalue weighted by molar-refractivity contribution is 0.0975. The minimum Gasteiger partial charge on any atom is -0.494 e. The Kier molecular flexibility index (Phi) is 7.95. The van der Waals surface area contributed by atoms with Gasteiger partial charge in [-0.25, -0.2) is 0 Å². The fourth-order valence-electron chi connectivity index (χ4n) is 2.70. The van der Waals surface area contributed by atoms with Crippen molar-refractivity contribution in [1.82, 2.24) is 5.32 Å². The molecule has 150 valence electrons. The smallest absolute Gasteiger partial charge is 0.257 e. The van der Waals surface area contributed by atoms with Gasteiger partial charge in [-0.1, -0.05) is 20.3 Å². The molecule has 0 unspecified atom stereocenters. The lowest BCUT2D eigenvalue weighted by Gasteiger charge is -2.10. The molecule has 0 aliphatic rings. The Morgan fingerprint density at radius 1 is 1.21 bits per heavy atom. The molecule has 0 spiro atoms. The summed E-state index contributed by atoms with van der Waals surface area (Å²) in [7, 11) is 0. The zero-order valence-electron chi connectivity index (χ0n) is 16.3. The number of amides is 2. The number of thiocarbonyl (C=S) groups is 1. The molecule has 1 aromatic heterocycles. The Labute approximate surface area is 174 Å². The fraction of sp³-hybridized carbons (Fsp3) is 0.350. The van der Waals surface area contributed by atoms with Crippen LogP contribution in [0.15, 0.2) is 24.3 Å². The van der Waals surface area contributed by atoms with Crippen LogP contribution in [0.1, 0.15) is 57.8 Å². The van der Waals surface area contributed by atoms with Crippen LogP contribution in [0.2, 0.25) is 0 Å². The van der Waals surface area contributed by atoms with Crippen molar-refractivity contribution in [2.75, 3.05) is 11.9 Å². The Morgan fingerprint density at radius 3 is 2.46 bits per heavy atom. The molecule has 1 heterocycles. The number of aryl methyl sites for hydroxylation is 1. The van der Waals surface area contributed by atoms with Gasteiger partial charge in [-0.3, -0.25) is 14.9 Å². The van der Waals surface area contributed by atoms with Crippen LogP contribution >= 0.6 is 23.6 Å². The van der Waals surface area contributed by atoms with Gasteiger partial charge in [0.05, 0.1) is 12.2 Å². The van der Waals surface area contributed by atoms with E-state index < -0.39 is 5.91 Å². The van der Waals surface area contributed by atoms with E-state index in [0.29, 0.717) is 29.2 Å². The van der Waals surface area contributed by atoms with Crippen LogP contribution in [0.25, 0.3) is 0 Å². The average Bonchev–Trinajstić information content (AvgIpc) is 2.97. The lowest BCUT2D eigenvalue weighted by Crippen LogP contribution is -2.34. The molecule has 4 N–H and O–H groups in total. The van der Waals surface area contributed by atoms with Crippen LogP contribution in [-0.4, -0.2) is 23.5 Å². The molecule has 0 atom stereocenters. The maximum absolute atomic E-state index is 12.4. The van der Waals surface area contributed by atoms with Crippen molar-refractivity contribution in [3.8, 4) is 5.75 Å². The number of ether oxygens (including phenoxy) is 1. The van der Waals surface area contributed by atoms with E-state index in [1.54, 1.807) is 24.3 Å². The summed E-state index contributed by atoms with van der Waals surface area (Å²) >= 11 is 6.62. The van der Waals surface area contributed by atoms with Crippen molar-refractivity contribution in [1.29, 1.82) is 0 Å². The van der Waals surface area contributed by atoms with Crippen molar-refractivity contribution in [2.45, 2.75) is 40.0 Å². The fourth-order valence-corrected chi connectivity index (χ4v) is 4.11. The number of thiophene rings is 1. The molecule has 0 aliphatic heterocycles. The molecule has 28 heavy (non-hydrogen) atoms. The molecular formula is C20H25N3O3S2. The topological polar surface area (TPSA) is 93.4 Å². The monoisotopic (exact) mass is 419 g/mol.